The molecule has 0 spiro atoms. The number of hydrogen-bond acceptors (Lipinski definition) is 2. The lowest BCUT2D eigenvalue weighted by Gasteiger charge is -2.39. The summed E-state index contributed by atoms with van der Waals surface area (Å²) in [4.78, 5) is 11.7. The molecular weight excluding hydrogens is 256 g/mol. The molecule has 0 N–H and O–H groups in total. The molecule has 0 aliphatic heterocycles. The van der Waals surface area contributed by atoms with E-state index in [0.29, 0.717) is 18.6 Å². The average molecular weight is 285 g/mol. The van der Waals surface area contributed by atoms with E-state index in [2.05, 4.69) is 45.9 Å². The fourth-order valence-corrected chi connectivity index (χ4v) is 5.07. The van der Waals surface area contributed by atoms with Crippen molar-refractivity contribution in [2.24, 2.45) is 5.92 Å². The van der Waals surface area contributed by atoms with Gasteiger partial charge in [0.25, 0.3) is 0 Å². The molecule has 0 unspecified atom stereocenters. The zero-order chi connectivity index (χ0) is 14.1. The molecule has 0 heterocycles. The summed E-state index contributed by atoms with van der Waals surface area (Å²) < 4.78 is 6.30. The molecule has 1 fully saturated rings. The van der Waals surface area contributed by atoms with E-state index in [1.165, 1.54) is 5.20 Å². The van der Waals surface area contributed by atoms with Crippen molar-refractivity contribution in [3.63, 3.8) is 0 Å². The van der Waals surface area contributed by atoms with Gasteiger partial charge in [-0.25, -0.2) is 0 Å². The molecule has 0 bridgehead atoms. The first-order valence-corrected chi connectivity index (χ1v) is 13.8. The quantitative estimate of drug-likeness (QED) is 0.729. The van der Waals surface area contributed by atoms with Crippen molar-refractivity contribution in [2.45, 2.75) is 64.6 Å². The molecule has 0 amide bonds. The maximum absolute atomic E-state index is 11.7. The Morgan fingerprint density at radius 3 is 2.22 bits per heavy atom. The summed E-state index contributed by atoms with van der Waals surface area (Å²) >= 11 is 0. The third kappa shape index (κ3) is 4.48. The Bertz CT molecular complexity index is 337. The second kappa shape index (κ2) is 5.43. The Hall–Kier alpha value is -0.196. The number of carbonyl (C=O) groups excluding carboxylic acids is 1. The second-order valence-corrected chi connectivity index (χ2v) is 17.0. The summed E-state index contributed by atoms with van der Waals surface area (Å²) in [6.07, 6.45) is 2.45. The van der Waals surface area contributed by atoms with E-state index in [1.807, 2.05) is 0 Å². The molecule has 2 nitrogen and oxygen atoms in total. The molecule has 1 aliphatic rings. The first-order chi connectivity index (χ1) is 8.00. The molecule has 2 atom stereocenters. The van der Waals surface area contributed by atoms with E-state index < -0.39 is 16.4 Å². The van der Waals surface area contributed by atoms with Crippen LogP contribution in [0, 0.1) is 5.92 Å². The first-order valence-electron chi connectivity index (χ1n) is 6.89. The van der Waals surface area contributed by atoms with Crippen LogP contribution in [0.2, 0.25) is 39.3 Å². The minimum absolute atomic E-state index is 0.230. The monoisotopic (exact) mass is 284 g/mol. The molecule has 0 aromatic rings. The van der Waals surface area contributed by atoms with Crippen LogP contribution in [0.4, 0.5) is 0 Å². The van der Waals surface area contributed by atoms with Crippen molar-refractivity contribution in [1.29, 1.82) is 0 Å². The van der Waals surface area contributed by atoms with Gasteiger partial charge in [-0.3, -0.25) is 4.79 Å². The number of carbonyl (C=O) groups is 1. The Balaban J connectivity index is 2.87. The van der Waals surface area contributed by atoms with E-state index in [-0.39, 0.29) is 12.0 Å². The zero-order valence-corrected chi connectivity index (χ0v) is 14.8. The zero-order valence-electron chi connectivity index (χ0n) is 12.8. The van der Waals surface area contributed by atoms with Crippen molar-refractivity contribution < 1.29 is 9.22 Å². The lowest BCUT2D eigenvalue weighted by atomic mass is 9.85. The third-order valence-corrected chi connectivity index (χ3v) is 6.83. The van der Waals surface area contributed by atoms with Crippen molar-refractivity contribution in [3.8, 4) is 0 Å². The van der Waals surface area contributed by atoms with Crippen LogP contribution in [0.3, 0.4) is 0 Å². The molecule has 1 saturated carbocycles. The van der Waals surface area contributed by atoms with Crippen molar-refractivity contribution in [3.05, 3.63) is 11.8 Å². The standard InChI is InChI=1S/C14H28O2Si2/c1-11(17(2,3)4)13-10-12(15)8-9-14(13)16-18(5,6)7/h13-14H,1,8-10H2,2-7H3/t13-,14+/m0/s1. The highest BCUT2D eigenvalue weighted by Crippen LogP contribution is 2.35. The van der Waals surface area contributed by atoms with E-state index in [4.69, 9.17) is 4.43 Å². The normalized spacial score (nSPS) is 26.2. The van der Waals surface area contributed by atoms with E-state index >= 15 is 0 Å². The molecule has 1 rings (SSSR count). The van der Waals surface area contributed by atoms with Gasteiger partial charge < -0.3 is 4.43 Å². The van der Waals surface area contributed by atoms with Crippen LogP contribution in [-0.2, 0) is 9.22 Å². The number of hydrogen-bond donors (Lipinski definition) is 0. The van der Waals surface area contributed by atoms with Gasteiger partial charge in [-0.05, 0) is 26.1 Å². The van der Waals surface area contributed by atoms with Gasteiger partial charge in [-0.15, -0.1) is 6.58 Å². The summed E-state index contributed by atoms with van der Waals surface area (Å²) in [5.74, 6) is 0.652. The van der Waals surface area contributed by atoms with Gasteiger partial charge in [-0.1, -0.05) is 24.8 Å². The highest BCUT2D eigenvalue weighted by molar-refractivity contribution is 6.83. The van der Waals surface area contributed by atoms with Crippen LogP contribution < -0.4 is 0 Å². The van der Waals surface area contributed by atoms with Crippen LogP contribution in [0.15, 0.2) is 11.8 Å². The van der Waals surface area contributed by atoms with Gasteiger partial charge in [0, 0.05) is 18.8 Å². The summed E-state index contributed by atoms with van der Waals surface area (Å²) in [7, 11) is -2.96. The summed E-state index contributed by atoms with van der Waals surface area (Å²) in [5, 5.41) is 1.30. The molecular formula is C14H28O2Si2. The molecule has 0 saturated heterocycles. The van der Waals surface area contributed by atoms with Gasteiger partial charge in [0.1, 0.15) is 5.78 Å². The van der Waals surface area contributed by atoms with Gasteiger partial charge in [0.05, 0.1) is 14.2 Å². The van der Waals surface area contributed by atoms with Gasteiger partial charge >= 0.3 is 0 Å². The molecule has 0 aromatic carbocycles. The Morgan fingerprint density at radius 2 is 1.78 bits per heavy atom. The lowest BCUT2D eigenvalue weighted by molar-refractivity contribution is -0.123. The minimum atomic E-state index is -1.55. The second-order valence-electron chi connectivity index (χ2n) is 7.43. The van der Waals surface area contributed by atoms with Crippen molar-refractivity contribution in [2.75, 3.05) is 0 Å². The molecule has 1 aliphatic carbocycles. The summed E-state index contributed by atoms with van der Waals surface area (Å²) in [6, 6.07) is 0. The average Bonchev–Trinajstić information content (AvgIpc) is 2.16. The highest BCUT2D eigenvalue weighted by atomic mass is 28.4. The SMILES string of the molecule is C=C([C@@H]1CC(=O)CC[C@H]1O[Si](C)(C)C)[Si](C)(C)C. The first kappa shape index (κ1) is 15.9. The Morgan fingerprint density at radius 1 is 1.22 bits per heavy atom. The predicted molar refractivity (Wildman–Crippen MR) is 83.1 cm³/mol. The van der Waals surface area contributed by atoms with Gasteiger partial charge in [0.2, 0.25) is 0 Å². The van der Waals surface area contributed by atoms with Crippen LogP contribution >= 0.6 is 0 Å². The fourth-order valence-electron chi connectivity index (χ4n) is 2.48. The topological polar surface area (TPSA) is 26.3 Å². The van der Waals surface area contributed by atoms with Crippen LogP contribution in [-0.4, -0.2) is 28.3 Å². The van der Waals surface area contributed by atoms with Gasteiger partial charge in [-0.2, -0.15) is 0 Å². The lowest BCUT2D eigenvalue weighted by Crippen LogP contribution is -2.44. The van der Waals surface area contributed by atoms with E-state index in [0.717, 1.165) is 6.42 Å². The van der Waals surface area contributed by atoms with Crippen molar-refractivity contribution >= 4 is 22.2 Å². The number of ketones is 1. The molecule has 4 heteroatoms. The number of rotatable bonds is 4. The Kier molecular flexibility index (Phi) is 4.78. The van der Waals surface area contributed by atoms with Crippen LogP contribution in [0.1, 0.15) is 19.3 Å². The molecule has 0 aromatic heterocycles. The predicted octanol–water partition coefficient (Wildman–Crippen LogP) is 4.01. The smallest absolute Gasteiger partial charge is 0.184 e. The third-order valence-electron chi connectivity index (χ3n) is 3.52. The fraction of sp³-hybridized carbons (Fsp3) is 0.786. The maximum Gasteiger partial charge on any atom is 0.184 e. The highest BCUT2D eigenvalue weighted by Gasteiger charge is 2.38. The summed E-state index contributed by atoms with van der Waals surface area (Å²) in [6.45, 7) is 17.9. The molecule has 0 radical (unpaired) electrons. The van der Waals surface area contributed by atoms with Gasteiger partial charge in [0.15, 0.2) is 8.32 Å². The van der Waals surface area contributed by atoms with E-state index in [1.54, 1.807) is 0 Å². The minimum Gasteiger partial charge on any atom is -0.414 e. The summed E-state index contributed by atoms with van der Waals surface area (Å²) in [5.41, 5.74) is 0. The van der Waals surface area contributed by atoms with Crippen LogP contribution in [0.5, 0.6) is 0 Å². The molecule has 104 valence electrons. The Labute approximate surface area is 114 Å². The van der Waals surface area contributed by atoms with E-state index in [9.17, 15) is 4.79 Å². The van der Waals surface area contributed by atoms with Crippen LogP contribution in [0.25, 0.3) is 0 Å². The van der Waals surface area contributed by atoms with Crippen molar-refractivity contribution in [1.82, 2.24) is 0 Å². The molecule has 18 heavy (non-hydrogen) atoms. The number of Topliss-reactive ketones (excluding diaryl/α,β-unsaturated/α-hetero) is 1. The maximum atomic E-state index is 11.7. The largest absolute Gasteiger partial charge is 0.414 e.